The molecule has 3 aliphatic rings. The van der Waals surface area contributed by atoms with Crippen LogP contribution in [0.5, 0.6) is 0 Å². The Morgan fingerprint density at radius 3 is 2.00 bits per heavy atom. The summed E-state index contributed by atoms with van der Waals surface area (Å²) in [4.78, 5) is 8.81. The van der Waals surface area contributed by atoms with Gasteiger partial charge < -0.3 is 30.8 Å². The van der Waals surface area contributed by atoms with Crippen molar-refractivity contribution < 1.29 is 26.7 Å². The first-order valence-corrected chi connectivity index (χ1v) is 9.21. The zero-order valence-electron chi connectivity index (χ0n) is 14.5. The molecule has 0 aromatic rings. The normalized spacial score (nSPS) is 34.4. The van der Waals surface area contributed by atoms with Crippen LogP contribution in [0.25, 0.3) is 10.6 Å². The first-order chi connectivity index (χ1) is 11.7. The fourth-order valence-corrected chi connectivity index (χ4v) is 3.62. The Kier molecular flexibility index (Phi) is 8.40. The number of piperidine rings is 1. The predicted molar refractivity (Wildman–Crippen MR) is 92.6 cm³/mol. The third kappa shape index (κ3) is 5.80. The van der Waals surface area contributed by atoms with Crippen molar-refractivity contribution in [2.75, 3.05) is 13.1 Å². The minimum Gasteiger partial charge on any atom is -0.863 e. The summed E-state index contributed by atoms with van der Waals surface area (Å²) in [5, 5.41) is 33.4. The van der Waals surface area contributed by atoms with Gasteiger partial charge in [0, 0.05) is 16.5 Å². The Bertz CT molecular complexity index is 503. The summed E-state index contributed by atoms with van der Waals surface area (Å²) in [5.41, 5.74) is 0. The first kappa shape index (κ1) is 20.4. The summed E-state index contributed by atoms with van der Waals surface area (Å²) in [6.45, 7) is 1.35. The van der Waals surface area contributed by atoms with Gasteiger partial charge in [-0.15, -0.1) is 31.2 Å². The van der Waals surface area contributed by atoms with Crippen molar-refractivity contribution in [3.8, 4) is 0 Å². The maximum atomic E-state index is 12.4. The Morgan fingerprint density at radius 1 is 0.800 bits per heavy atom. The van der Waals surface area contributed by atoms with Crippen molar-refractivity contribution in [1.29, 1.82) is 0 Å². The Labute approximate surface area is 160 Å². The van der Waals surface area contributed by atoms with Crippen LogP contribution in [-0.4, -0.2) is 49.1 Å². The molecule has 2 aliphatic heterocycles. The van der Waals surface area contributed by atoms with Crippen LogP contribution in [0.15, 0.2) is 22.1 Å². The van der Waals surface area contributed by atoms with E-state index in [1.807, 2.05) is 12.2 Å². The largest absolute Gasteiger partial charge is 0.863 e. The molecule has 0 aromatic heterocycles. The molecule has 1 saturated carbocycles. The van der Waals surface area contributed by atoms with Crippen LogP contribution in [-0.2, 0) is 16.5 Å². The van der Waals surface area contributed by atoms with E-state index in [2.05, 4.69) is 20.6 Å². The minimum atomic E-state index is -0.346. The molecule has 0 radical (unpaired) electrons. The van der Waals surface area contributed by atoms with Crippen LogP contribution >= 0.6 is 0 Å². The standard InChI is InChI=1S/C18H28N4O2.Ni/c23-17(15-9-3-5-11-19-15)21-13-7-1-2-8-14(13)22-18(24)16-10-4-6-12-20-16;/h3,5,13-16H,1-2,4,6-12H2,(H,21,23)(H,22,24);/q-2;/p-2. The van der Waals surface area contributed by atoms with Crippen molar-refractivity contribution in [3.63, 3.8) is 0 Å². The summed E-state index contributed by atoms with van der Waals surface area (Å²) in [6.07, 6.45) is 11.3. The van der Waals surface area contributed by atoms with E-state index in [1.165, 1.54) is 0 Å². The molecule has 0 aromatic carbocycles. The number of hydrogen-bond donors (Lipinski definition) is 0. The van der Waals surface area contributed by atoms with Crippen LogP contribution in [0, 0.1) is 0 Å². The van der Waals surface area contributed by atoms with Crippen LogP contribution in [0.4, 0.5) is 0 Å². The number of hydrogen-bond acceptors (Lipinski definition) is 4. The van der Waals surface area contributed by atoms with E-state index < -0.39 is 0 Å². The van der Waals surface area contributed by atoms with Gasteiger partial charge in [-0.3, -0.25) is 0 Å². The van der Waals surface area contributed by atoms with Crippen LogP contribution in [0.3, 0.4) is 0 Å². The van der Waals surface area contributed by atoms with Crippen LogP contribution in [0.1, 0.15) is 51.4 Å². The van der Waals surface area contributed by atoms with E-state index in [0.717, 1.165) is 51.5 Å². The van der Waals surface area contributed by atoms with Crippen molar-refractivity contribution >= 4 is 11.8 Å². The zero-order chi connectivity index (χ0) is 16.8. The molecule has 1 aliphatic carbocycles. The Morgan fingerprint density at radius 2 is 1.44 bits per heavy atom. The summed E-state index contributed by atoms with van der Waals surface area (Å²) in [6, 6.07) is -0.941. The topological polar surface area (TPSA) is 99.0 Å². The third-order valence-corrected chi connectivity index (χ3v) is 5.04. The summed E-state index contributed by atoms with van der Waals surface area (Å²) in [7, 11) is 0. The van der Waals surface area contributed by atoms with Gasteiger partial charge in [0.1, 0.15) is 0 Å². The average Bonchev–Trinajstić information content (AvgIpc) is 2.64. The third-order valence-electron chi connectivity index (χ3n) is 5.04. The fourth-order valence-electron chi connectivity index (χ4n) is 3.62. The molecule has 4 unspecified atom stereocenters. The van der Waals surface area contributed by atoms with Crippen molar-refractivity contribution in [2.45, 2.75) is 75.5 Å². The van der Waals surface area contributed by atoms with Gasteiger partial charge in [0.15, 0.2) is 0 Å². The van der Waals surface area contributed by atoms with Crippen molar-refractivity contribution in [1.82, 2.24) is 0 Å². The molecule has 144 valence electrons. The molecule has 0 amide bonds. The predicted octanol–water partition coefficient (Wildman–Crippen LogP) is 1.44. The van der Waals surface area contributed by atoms with Gasteiger partial charge in [-0.05, 0) is 19.3 Å². The van der Waals surface area contributed by atoms with Gasteiger partial charge in [-0.2, -0.15) is 0 Å². The fraction of sp³-hybridized carbons (Fsp3) is 0.778. The molecular formula is C18H26N4NiO2-4. The molecule has 1 saturated heterocycles. The Hall–Kier alpha value is -0.906. The number of rotatable bonds is 4. The molecule has 7 heteroatoms. The van der Waals surface area contributed by atoms with Gasteiger partial charge in [0.2, 0.25) is 0 Å². The summed E-state index contributed by atoms with van der Waals surface area (Å²) < 4.78 is 0. The van der Waals surface area contributed by atoms with Gasteiger partial charge in [0.25, 0.3) is 0 Å². The van der Waals surface area contributed by atoms with E-state index in [0.29, 0.717) is 13.0 Å². The number of nitrogens with zero attached hydrogens (tertiary/aromatic N) is 4. The second-order valence-corrected chi connectivity index (χ2v) is 6.86. The summed E-state index contributed by atoms with van der Waals surface area (Å²) in [5.74, 6) is -0.263. The van der Waals surface area contributed by atoms with E-state index in [-0.39, 0.29) is 52.5 Å². The van der Waals surface area contributed by atoms with Crippen LogP contribution in [0.2, 0.25) is 0 Å². The van der Waals surface area contributed by atoms with E-state index in [9.17, 15) is 10.2 Å². The molecule has 2 heterocycles. The quantitative estimate of drug-likeness (QED) is 0.315. The van der Waals surface area contributed by atoms with E-state index >= 15 is 0 Å². The molecule has 4 atom stereocenters. The van der Waals surface area contributed by atoms with E-state index in [1.54, 1.807) is 0 Å². The molecule has 0 N–H and O–H groups in total. The number of aliphatic imine (C=N–C) groups is 2. The van der Waals surface area contributed by atoms with Crippen molar-refractivity contribution in [3.05, 3.63) is 22.8 Å². The molecule has 3 rings (SSSR count). The molecular weight excluding hydrogens is 363 g/mol. The maximum Gasteiger partial charge on any atom is 0.0710 e. The molecule has 2 fully saturated rings. The van der Waals surface area contributed by atoms with Gasteiger partial charge in [-0.1, -0.05) is 50.0 Å². The molecule has 25 heavy (non-hydrogen) atoms. The molecule has 0 spiro atoms. The van der Waals surface area contributed by atoms with Gasteiger partial charge in [0.05, 0.1) is 12.1 Å². The molecule has 6 nitrogen and oxygen atoms in total. The molecule has 0 bridgehead atoms. The van der Waals surface area contributed by atoms with E-state index in [4.69, 9.17) is 0 Å². The second kappa shape index (κ2) is 10.3. The van der Waals surface area contributed by atoms with Gasteiger partial charge in [-0.25, -0.2) is 0 Å². The van der Waals surface area contributed by atoms with Gasteiger partial charge >= 0.3 is 0 Å². The first-order valence-electron chi connectivity index (χ1n) is 9.21. The zero-order valence-corrected chi connectivity index (χ0v) is 15.4. The SMILES string of the molecule is [Ni].[O-]C(=NC1CCCCC1N=C([O-])C1CCCC[N-]1)C1CC=CC[N-]1. The van der Waals surface area contributed by atoms with Crippen molar-refractivity contribution in [2.24, 2.45) is 9.98 Å². The minimum absolute atomic E-state index is 0. The summed E-state index contributed by atoms with van der Waals surface area (Å²) >= 11 is 0. The maximum absolute atomic E-state index is 12.4. The Balaban J connectivity index is 0.00000225. The van der Waals surface area contributed by atoms with Crippen LogP contribution < -0.4 is 10.2 Å². The smallest absolute Gasteiger partial charge is 0.0710 e. The average molecular weight is 389 g/mol. The monoisotopic (exact) mass is 388 g/mol. The second-order valence-electron chi connectivity index (χ2n) is 6.86.